The second-order valence-corrected chi connectivity index (χ2v) is 27.4. The predicted octanol–water partition coefficient (Wildman–Crippen LogP) is 21.9. The molecule has 0 bridgehead atoms. The van der Waals surface area contributed by atoms with Crippen molar-refractivity contribution in [1.29, 1.82) is 0 Å². The second kappa shape index (κ2) is 27.4. The zero-order valence-electron chi connectivity index (χ0n) is 56.3. The first-order valence-electron chi connectivity index (χ1n) is 34.5. The molecule has 496 valence electrons. The minimum atomic E-state index is 0.613. The molecule has 0 spiro atoms. The number of rotatable bonds is 12. The van der Waals surface area contributed by atoms with Crippen molar-refractivity contribution < 1.29 is 0 Å². The Bertz CT molecular complexity index is 6260. The summed E-state index contributed by atoms with van der Waals surface area (Å²) in [7, 11) is 0. The van der Waals surface area contributed by atoms with E-state index in [-0.39, 0.29) is 0 Å². The third-order valence-corrected chi connectivity index (χ3v) is 20.9. The molecule has 14 nitrogen and oxygen atoms in total. The number of nitrogens with zero attached hydrogens (tertiary/aromatic N) is 14. The Morgan fingerprint density at radius 2 is 0.547 bits per heavy atom. The van der Waals surface area contributed by atoms with Crippen molar-refractivity contribution in [2.75, 3.05) is 0 Å². The van der Waals surface area contributed by atoms with Crippen molar-refractivity contribution >= 4 is 85.6 Å². The van der Waals surface area contributed by atoms with Crippen molar-refractivity contribution in [2.45, 2.75) is 0 Å². The lowest BCUT2D eigenvalue weighted by atomic mass is 10.00. The van der Waals surface area contributed by atoms with Gasteiger partial charge < -0.3 is 0 Å². The summed E-state index contributed by atoms with van der Waals surface area (Å²) in [6, 6.07) is 109. The van der Waals surface area contributed by atoms with E-state index >= 15 is 0 Å². The Hall–Kier alpha value is -14.1. The largest absolute Gasteiger partial charge is 0.241 e. The third kappa shape index (κ3) is 12.4. The van der Waals surface area contributed by atoms with Crippen LogP contribution in [0.1, 0.15) is 0 Å². The van der Waals surface area contributed by atoms with Gasteiger partial charge in [-0.1, -0.05) is 285 Å². The fourth-order valence-electron chi connectivity index (χ4n) is 13.3. The van der Waals surface area contributed by atoms with E-state index in [1.54, 1.807) is 29.0 Å². The number of thiophene rings is 2. The lowest BCUT2D eigenvalue weighted by molar-refractivity contribution is 0.904. The van der Waals surface area contributed by atoms with Crippen LogP contribution in [-0.2, 0) is 0 Å². The van der Waals surface area contributed by atoms with Crippen LogP contribution in [0.25, 0.3) is 198 Å². The van der Waals surface area contributed by atoms with Gasteiger partial charge in [-0.2, -0.15) is 0 Å². The lowest BCUT2D eigenvalue weighted by Gasteiger charge is -2.10. The molecule has 0 saturated carbocycles. The van der Waals surface area contributed by atoms with Gasteiger partial charge in [0.2, 0.25) is 0 Å². The van der Waals surface area contributed by atoms with Gasteiger partial charge >= 0.3 is 0 Å². The van der Waals surface area contributed by atoms with Crippen molar-refractivity contribution in [3.63, 3.8) is 0 Å². The number of aromatic nitrogens is 14. The highest BCUT2D eigenvalue weighted by atomic mass is 32.1. The van der Waals surface area contributed by atoms with Gasteiger partial charge in [0, 0.05) is 55.3 Å². The molecule has 20 aromatic rings. The van der Waals surface area contributed by atoms with Gasteiger partial charge in [-0.25, -0.2) is 54.8 Å². The minimum Gasteiger partial charge on any atom is -0.241 e. The predicted molar refractivity (Wildman–Crippen MR) is 428 cm³/mol. The average Bonchev–Trinajstić information content (AvgIpc) is 1.61. The van der Waals surface area contributed by atoms with Crippen molar-refractivity contribution in [1.82, 2.24) is 70.2 Å². The van der Waals surface area contributed by atoms with Crippen LogP contribution >= 0.6 is 22.7 Å². The first-order chi connectivity index (χ1) is 52.5. The van der Waals surface area contributed by atoms with E-state index < -0.39 is 0 Å². The van der Waals surface area contributed by atoms with Crippen LogP contribution in [0.15, 0.2) is 328 Å². The fraction of sp³-hybridized carbons (Fsp3) is 0. The molecule has 0 amide bonds. The highest BCUT2D eigenvalue weighted by Crippen LogP contribution is 2.41. The van der Waals surface area contributed by atoms with Crippen LogP contribution in [0.5, 0.6) is 0 Å². The van der Waals surface area contributed by atoms with Gasteiger partial charge in [-0.3, -0.25) is 0 Å². The SMILES string of the molecule is c1ccc(-c2ccc(-c3nc(-c4ccccc4)nc(-c4ccc(-c5cccc(-c6ncnc7c6sc6nc8ccccc8nc67)c5)cc4)n3)cc2)cc1.c1ccc(-c2ccc(-c3nc(-c4ccccc4)nc(-c4ccc(-c5cccc(-c6nnnc7c6sc6nc8ccccc8cc67)c5)cc4)n3)cc2)cc1. The minimum absolute atomic E-state index is 0.613. The molecule has 0 aliphatic carbocycles. The molecule has 12 aromatic carbocycles. The van der Waals surface area contributed by atoms with Crippen molar-refractivity contribution in [3.8, 4) is 135 Å². The summed E-state index contributed by atoms with van der Waals surface area (Å²) in [5, 5.41) is 15.2. The first kappa shape index (κ1) is 62.9. The second-order valence-electron chi connectivity index (χ2n) is 25.4. The molecule has 0 N–H and O–H groups in total. The number of pyridine rings is 1. The fourth-order valence-corrected chi connectivity index (χ4v) is 15.5. The van der Waals surface area contributed by atoms with Crippen LogP contribution in [-0.4, -0.2) is 70.2 Å². The number of hydrogen-bond donors (Lipinski definition) is 0. The molecule has 0 radical (unpaired) electrons. The van der Waals surface area contributed by atoms with Crippen LogP contribution in [0.4, 0.5) is 0 Å². The van der Waals surface area contributed by atoms with E-state index in [2.05, 4.69) is 215 Å². The summed E-state index contributed by atoms with van der Waals surface area (Å²) in [6.45, 7) is 0. The van der Waals surface area contributed by atoms with Gasteiger partial charge in [-0.15, -0.1) is 32.9 Å². The topological polar surface area (TPSA) is 180 Å². The maximum atomic E-state index is 4.98. The van der Waals surface area contributed by atoms with Gasteiger partial charge in [0.15, 0.2) is 34.9 Å². The maximum absolute atomic E-state index is 4.98. The average molecular weight is 1400 g/mol. The lowest BCUT2D eigenvalue weighted by Crippen LogP contribution is -2.00. The number of fused-ring (bicyclic) bond motifs is 8. The van der Waals surface area contributed by atoms with Crippen LogP contribution in [0.3, 0.4) is 0 Å². The Morgan fingerprint density at radius 3 is 1.03 bits per heavy atom. The molecule has 16 heteroatoms. The number of hydrogen-bond acceptors (Lipinski definition) is 16. The molecule has 0 unspecified atom stereocenters. The highest BCUT2D eigenvalue weighted by molar-refractivity contribution is 7.26. The first-order valence-corrected chi connectivity index (χ1v) is 36.1. The number of para-hydroxylation sites is 3. The quantitative estimate of drug-likeness (QED) is 0.113. The summed E-state index contributed by atoms with van der Waals surface area (Å²) in [5.41, 5.74) is 23.2. The monoisotopic (exact) mass is 1390 g/mol. The molecular weight excluding hydrogens is 1340 g/mol. The molecule has 0 aliphatic rings. The Balaban J connectivity index is 0.000000145. The molecule has 0 fully saturated rings. The van der Waals surface area contributed by atoms with Gasteiger partial charge in [0.05, 0.1) is 31.6 Å². The van der Waals surface area contributed by atoms with E-state index in [1.807, 2.05) is 127 Å². The third-order valence-electron chi connectivity index (χ3n) is 18.7. The standard InChI is InChI=1S/2C45H27N7S/c1-3-10-28(11-4-1)29-18-22-32(23-19-29)43-50-42(31-12-5-2-6-13-31)51-44(52-43)33-24-20-30(21-25-33)34-14-9-15-35(26-34)38-41-39(47-27-46-38)40-45(53-41)49-37-17-8-7-16-36(37)48-40;1-3-10-28(11-4-1)29-18-22-32(23-19-29)43-47-42(31-12-5-2-6-13-31)48-44(49-43)33-24-20-30(21-25-33)34-15-9-16-36(26-34)39-41-40(51-52-50-39)37-27-35-14-7-8-17-38(35)46-45(37)53-41/h2*1-27H. The van der Waals surface area contributed by atoms with E-state index in [4.69, 9.17) is 49.8 Å². The Morgan fingerprint density at radius 1 is 0.208 bits per heavy atom. The van der Waals surface area contributed by atoms with E-state index in [1.165, 1.54) is 11.1 Å². The molecule has 0 saturated heterocycles. The molecular formula is C90H54N14S2. The molecule has 8 aromatic heterocycles. The van der Waals surface area contributed by atoms with Crippen LogP contribution in [0.2, 0.25) is 0 Å². The van der Waals surface area contributed by atoms with Crippen LogP contribution in [0, 0.1) is 0 Å². The highest BCUT2D eigenvalue weighted by Gasteiger charge is 2.21. The Labute approximate surface area is 615 Å². The van der Waals surface area contributed by atoms with Crippen molar-refractivity contribution in [3.05, 3.63) is 328 Å². The smallest absolute Gasteiger partial charge is 0.164 e. The van der Waals surface area contributed by atoms with Gasteiger partial charge in [0.25, 0.3) is 0 Å². The molecule has 106 heavy (non-hydrogen) atoms. The summed E-state index contributed by atoms with van der Waals surface area (Å²) >= 11 is 3.18. The summed E-state index contributed by atoms with van der Waals surface area (Å²) in [6.07, 6.45) is 1.62. The maximum Gasteiger partial charge on any atom is 0.164 e. The van der Waals surface area contributed by atoms with E-state index in [0.717, 1.165) is 152 Å². The zero-order chi connectivity index (χ0) is 70.3. The molecule has 8 heterocycles. The number of benzene rings is 12. The summed E-state index contributed by atoms with van der Waals surface area (Å²) in [5.74, 6) is 3.74. The summed E-state index contributed by atoms with van der Waals surface area (Å²) in [4.78, 5) is 55.5. The van der Waals surface area contributed by atoms with Gasteiger partial charge in [-0.05, 0) is 86.1 Å². The zero-order valence-corrected chi connectivity index (χ0v) is 57.9. The molecule has 0 atom stereocenters. The van der Waals surface area contributed by atoms with E-state index in [0.29, 0.717) is 34.9 Å². The molecule has 20 rings (SSSR count). The van der Waals surface area contributed by atoms with E-state index in [9.17, 15) is 0 Å². The molecule has 0 aliphatic heterocycles. The Kier molecular flexibility index (Phi) is 16.2. The van der Waals surface area contributed by atoms with Gasteiger partial charge in [0.1, 0.15) is 38.2 Å². The van der Waals surface area contributed by atoms with Crippen molar-refractivity contribution in [2.24, 2.45) is 0 Å². The normalized spacial score (nSPS) is 11.4. The van der Waals surface area contributed by atoms with Crippen LogP contribution < -0.4 is 0 Å². The summed E-state index contributed by atoms with van der Waals surface area (Å²) < 4.78 is 1.94.